The fourth-order valence-corrected chi connectivity index (χ4v) is 4.05. The topological polar surface area (TPSA) is 79.5 Å². The molecule has 1 N–H and O–H groups in total. The summed E-state index contributed by atoms with van der Waals surface area (Å²) in [7, 11) is -3.59. The second kappa shape index (κ2) is 5.42. The van der Waals surface area contributed by atoms with Gasteiger partial charge in [0.25, 0.3) is 0 Å². The lowest BCUT2D eigenvalue weighted by molar-refractivity contribution is 0.0730. The van der Waals surface area contributed by atoms with Crippen LogP contribution in [-0.4, -0.2) is 50.3 Å². The van der Waals surface area contributed by atoms with Gasteiger partial charge in [-0.05, 0) is 18.2 Å². The van der Waals surface area contributed by atoms with Crippen LogP contribution >= 0.6 is 11.6 Å². The number of nitrogens with zero attached hydrogens (tertiary/aromatic N) is 1. The van der Waals surface area contributed by atoms with Crippen LogP contribution < -0.4 is 0 Å². The predicted molar refractivity (Wildman–Crippen MR) is 78.3 cm³/mol. The molecule has 0 saturated carbocycles. The van der Waals surface area contributed by atoms with Crippen LogP contribution in [0.2, 0.25) is 5.15 Å². The highest BCUT2D eigenvalue weighted by atomic mass is 35.5. The number of carbonyl (C=O) groups is 1. The highest BCUT2D eigenvalue weighted by Crippen LogP contribution is 2.28. The van der Waals surface area contributed by atoms with Crippen LogP contribution in [0.4, 0.5) is 0 Å². The molecule has 0 atom stereocenters. The van der Waals surface area contributed by atoms with Gasteiger partial charge >= 0.3 is 0 Å². The van der Waals surface area contributed by atoms with Crippen molar-refractivity contribution in [2.75, 3.05) is 26.3 Å². The van der Waals surface area contributed by atoms with Crippen LogP contribution in [0.15, 0.2) is 23.1 Å². The first kappa shape index (κ1) is 14.5. The van der Waals surface area contributed by atoms with E-state index in [9.17, 15) is 13.2 Å². The molecule has 6 nitrogen and oxygen atoms in total. The van der Waals surface area contributed by atoms with E-state index in [-0.39, 0.29) is 15.6 Å². The van der Waals surface area contributed by atoms with Gasteiger partial charge in [0, 0.05) is 24.0 Å². The van der Waals surface area contributed by atoms with E-state index in [1.165, 1.54) is 16.4 Å². The first-order valence-electron chi connectivity index (χ1n) is 6.38. The smallest absolute Gasteiger partial charge is 0.243 e. The predicted octanol–water partition coefficient (Wildman–Crippen LogP) is 1.65. The Morgan fingerprint density at radius 1 is 1.29 bits per heavy atom. The molecule has 1 aliphatic rings. The summed E-state index contributed by atoms with van der Waals surface area (Å²) in [5.41, 5.74) is 0.897. The number of hydrogen-bond acceptors (Lipinski definition) is 4. The average molecular weight is 329 g/mol. The number of H-pyrrole nitrogens is 1. The van der Waals surface area contributed by atoms with E-state index in [1.54, 1.807) is 6.07 Å². The molecular weight excluding hydrogens is 316 g/mol. The van der Waals surface area contributed by atoms with Crippen LogP contribution in [0.5, 0.6) is 0 Å². The van der Waals surface area contributed by atoms with Gasteiger partial charge in [0.2, 0.25) is 10.0 Å². The van der Waals surface area contributed by atoms with Crippen molar-refractivity contribution in [2.24, 2.45) is 0 Å². The Labute approximate surface area is 126 Å². The number of fused-ring (bicyclic) bond motifs is 1. The van der Waals surface area contributed by atoms with Crippen LogP contribution in [0, 0.1) is 0 Å². The third kappa shape index (κ3) is 2.46. The first-order chi connectivity index (χ1) is 10.0. The van der Waals surface area contributed by atoms with Crippen molar-refractivity contribution in [1.82, 2.24) is 9.29 Å². The van der Waals surface area contributed by atoms with Crippen LogP contribution in [0.25, 0.3) is 10.9 Å². The number of benzene rings is 1. The summed E-state index contributed by atoms with van der Waals surface area (Å²) >= 11 is 5.92. The van der Waals surface area contributed by atoms with E-state index in [0.717, 1.165) is 0 Å². The lowest BCUT2D eigenvalue weighted by Crippen LogP contribution is -2.40. The molecule has 0 unspecified atom stereocenters. The van der Waals surface area contributed by atoms with Gasteiger partial charge in [-0.3, -0.25) is 4.79 Å². The number of aromatic nitrogens is 1. The maximum Gasteiger partial charge on any atom is 0.243 e. The third-order valence-corrected chi connectivity index (χ3v) is 5.68. The van der Waals surface area contributed by atoms with Crippen molar-refractivity contribution in [3.63, 3.8) is 0 Å². The van der Waals surface area contributed by atoms with Crippen molar-refractivity contribution in [2.45, 2.75) is 4.90 Å². The number of sulfonamides is 1. The van der Waals surface area contributed by atoms with Gasteiger partial charge in [-0.15, -0.1) is 0 Å². The van der Waals surface area contributed by atoms with E-state index in [1.807, 2.05) is 0 Å². The van der Waals surface area contributed by atoms with Gasteiger partial charge in [-0.2, -0.15) is 4.31 Å². The summed E-state index contributed by atoms with van der Waals surface area (Å²) in [6.07, 6.45) is 0.617. The maximum atomic E-state index is 12.6. The normalized spacial score (nSPS) is 17.2. The molecular formula is C13H13ClN2O4S. The minimum absolute atomic E-state index is 0.149. The zero-order valence-corrected chi connectivity index (χ0v) is 12.6. The quantitative estimate of drug-likeness (QED) is 0.869. The number of aldehydes is 1. The molecule has 2 heterocycles. The van der Waals surface area contributed by atoms with Gasteiger partial charge in [-0.25, -0.2) is 8.42 Å². The molecule has 0 bridgehead atoms. The highest BCUT2D eigenvalue weighted by Gasteiger charge is 2.27. The number of rotatable bonds is 3. The molecule has 1 saturated heterocycles. The summed E-state index contributed by atoms with van der Waals surface area (Å²) in [6.45, 7) is 1.43. The minimum Gasteiger partial charge on any atom is -0.379 e. The monoisotopic (exact) mass is 328 g/mol. The molecule has 0 spiro atoms. The van der Waals surface area contributed by atoms with Crippen molar-refractivity contribution >= 4 is 38.8 Å². The molecule has 1 fully saturated rings. The van der Waals surface area contributed by atoms with Crippen molar-refractivity contribution < 1.29 is 17.9 Å². The molecule has 1 aromatic heterocycles. The largest absolute Gasteiger partial charge is 0.379 e. The standard InChI is InChI=1S/C13H13ClN2O4S/c14-13-11(8-17)10-7-9(1-2-12(10)15-13)21(18,19)16-3-5-20-6-4-16/h1-2,7-8,15H,3-6H2. The Morgan fingerprint density at radius 2 is 2.00 bits per heavy atom. The van der Waals surface area contributed by atoms with E-state index in [4.69, 9.17) is 16.3 Å². The molecule has 0 aliphatic carbocycles. The molecule has 1 aromatic carbocycles. The fraction of sp³-hybridized carbons (Fsp3) is 0.308. The number of hydrogen-bond donors (Lipinski definition) is 1. The zero-order valence-electron chi connectivity index (χ0n) is 11.0. The molecule has 8 heteroatoms. The van der Waals surface area contributed by atoms with E-state index in [2.05, 4.69) is 4.98 Å². The van der Waals surface area contributed by atoms with Crippen LogP contribution in [-0.2, 0) is 14.8 Å². The van der Waals surface area contributed by atoms with Gasteiger partial charge in [0.05, 0.1) is 23.7 Å². The minimum atomic E-state index is -3.59. The van der Waals surface area contributed by atoms with Gasteiger partial charge in [0.1, 0.15) is 5.15 Å². The van der Waals surface area contributed by atoms with E-state index >= 15 is 0 Å². The molecule has 0 amide bonds. The molecule has 0 radical (unpaired) electrons. The lowest BCUT2D eigenvalue weighted by atomic mass is 10.2. The zero-order chi connectivity index (χ0) is 15.0. The van der Waals surface area contributed by atoms with Crippen molar-refractivity contribution in [3.8, 4) is 0 Å². The Bertz CT molecular complexity index is 794. The molecule has 2 aromatic rings. The first-order valence-corrected chi connectivity index (χ1v) is 8.20. The highest BCUT2D eigenvalue weighted by molar-refractivity contribution is 7.89. The number of morpholine rings is 1. The average Bonchev–Trinajstić information content (AvgIpc) is 2.82. The van der Waals surface area contributed by atoms with Crippen molar-refractivity contribution in [1.29, 1.82) is 0 Å². The van der Waals surface area contributed by atoms with Crippen molar-refractivity contribution in [3.05, 3.63) is 28.9 Å². The summed E-state index contributed by atoms with van der Waals surface area (Å²) in [4.78, 5) is 14.1. The Hall–Kier alpha value is -1.41. The SMILES string of the molecule is O=Cc1c(Cl)[nH]c2ccc(S(=O)(=O)N3CCOCC3)cc12. The van der Waals surface area contributed by atoms with Crippen LogP contribution in [0.3, 0.4) is 0 Å². The van der Waals surface area contributed by atoms with E-state index < -0.39 is 10.0 Å². The number of carbonyl (C=O) groups excluding carboxylic acids is 1. The summed E-state index contributed by atoms with van der Waals surface area (Å²) in [6, 6.07) is 4.60. The van der Waals surface area contributed by atoms with Crippen LogP contribution in [0.1, 0.15) is 10.4 Å². The molecule has 1 aliphatic heterocycles. The van der Waals surface area contributed by atoms with E-state index in [0.29, 0.717) is 43.5 Å². The number of halogens is 1. The molecule has 21 heavy (non-hydrogen) atoms. The molecule has 112 valence electrons. The number of ether oxygens (including phenoxy) is 1. The van der Waals surface area contributed by atoms with Gasteiger partial charge in [-0.1, -0.05) is 11.6 Å². The number of nitrogens with one attached hydrogen (secondary N) is 1. The summed E-state index contributed by atoms with van der Waals surface area (Å²) < 4.78 is 31.7. The Kier molecular flexibility index (Phi) is 3.75. The number of aromatic amines is 1. The van der Waals surface area contributed by atoms with Gasteiger partial charge < -0.3 is 9.72 Å². The summed E-state index contributed by atoms with van der Waals surface area (Å²) in [5, 5.41) is 0.713. The van der Waals surface area contributed by atoms with Gasteiger partial charge in [0.15, 0.2) is 6.29 Å². The second-order valence-corrected chi connectivity index (χ2v) is 7.01. The lowest BCUT2D eigenvalue weighted by Gasteiger charge is -2.26. The second-order valence-electron chi connectivity index (χ2n) is 4.69. The Morgan fingerprint density at radius 3 is 2.67 bits per heavy atom. The molecule has 3 rings (SSSR count). The third-order valence-electron chi connectivity index (χ3n) is 3.49. The summed E-state index contributed by atoms with van der Waals surface area (Å²) in [5.74, 6) is 0. The Balaban J connectivity index is 2.09. The fourth-order valence-electron chi connectivity index (χ4n) is 2.37. The maximum absolute atomic E-state index is 12.6.